The van der Waals surface area contributed by atoms with Gasteiger partial charge in [0, 0.05) is 17.6 Å². The molecule has 3 nitrogen and oxygen atoms in total. The maximum absolute atomic E-state index is 12.6. The van der Waals surface area contributed by atoms with Gasteiger partial charge in [0.15, 0.2) is 5.78 Å². The van der Waals surface area contributed by atoms with Crippen LogP contribution in [0.3, 0.4) is 0 Å². The number of carboxylic acid groups (broad SMARTS) is 1. The molecule has 0 radical (unpaired) electrons. The molecule has 0 saturated heterocycles. The van der Waals surface area contributed by atoms with Crippen molar-refractivity contribution in [2.24, 2.45) is 0 Å². The Labute approximate surface area is 134 Å². The van der Waals surface area contributed by atoms with E-state index in [1.165, 1.54) is 0 Å². The highest BCUT2D eigenvalue weighted by atomic mass is 16.4. The van der Waals surface area contributed by atoms with Gasteiger partial charge in [0.05, 0.1) is 6.42 Å². The fourth-order valence-electron chi connectivity index (χ4n) is 2.83. The molecule has 0 fully saturated rings. The van der Waals surface area contributed by atoms with Crippen LogP contribution in [0.4, 0.5) is 0 Å². The summed E-state index contributed by atoms with van der Waals surface area (Å²) >= 11 is 0. The molecule has 1 aliphatic rings. The number of hydrogen-bond donors (Lipinski definition) is 1. The maximum Gasteiger partial charge on any atom is 0.307 e. The topological polar surface area (TPSA) is 54.4 Å². The minimum Gasteiger partial charge on any atom is -0.481 e. The number of carbonyl (C=O) groups is 2. The molecule has 0 heterocycles. The lowest BCUT2D eigenvalue weighted by atomic mass is 10.0. The fraction of sp³-hybridized carbons (Fsp3) is 0.100. The monoisotopic (exact) mass is 304 g/mol. The molecule has 0 bridgehead atoms. The van der Waals surface area contributed by atoms with Crippen LogP contribution in [0.2, 0.25) is 0 Å². The third-order valence-corrected chi connectivity index (χ3v) is 3.89. The lowest BCUT2D eigenvalue weighted by Gasteiger charge is -2.04. The van der Waals surface area contributed by atoms with Crippen molar-refractivity contribution in [3.63, 3.8) is 0 Å². The summed E-state index contributed by atoms with van der Waals surface area (Å²) in [4.78, 5) is 23.8. The SMILES string of the molecule is O=C(O)CC1=C(c2ccccc2)CC(=Cc2ccccc2)C1=O. The summed E-state index contributed by atoms with van der Waals surface area (Å²) in [6, 6.07) is 19.1. The summed E-state index contributed by atoms with van der Waals surface area (Å²) in [6.45, 7) is 0. The summed E-state index contributed by atoms with van der Waals surface area (Å²) in [7, 11) is 0. The molecule has 0 atom stereocenters. The van der Waals surface area contributed by atoms with Gasteiger partial charge in [-0.1, -0.05) is 60.7 Å². The number of allylic oxidation sites excluding steroid dienone is 2. The normalized spacial score (nSPS) is 16.2. The zero-order valence-electron chi connectivity index (χ0n) is 12.5. The highest BCUT2D eigenvalue weighted by Gasteiger charge is 2.29. The van der Waals surface area contributed by atoms with Crippen molar-refractivity contribution in [2.45, 2.75) is 12.8 Å². The largest absolute Gasteiger partial charge is 0.481 e. The summed E-state index contributed by atoms with van der Waals surface area (Å²) in [5.74, 6) is -1.14. The van der Waals surface area contributed by atoms with Crippen LogP contribution in [0.1, 0.15) is 24.0 Å². The Bertz CT molecular complexity index is 799. The number of carbonyl (C=O) groups excluding carboxylic acids is 1. The first-order valence-electron chi connectivity index (χ1n) is 7.44. The fourth-order valence-corrected chi connectivity index (χ4v) is 2.83. The van der Waals surface area contributed by atoms with Crippen LogP contribution in [0.15, 0.2) is 71.8 Å². The van der Waals surface area contributed by atoms with Crippen molar-refractivity contribution >= 4 is 23.4 Å². The number of Topliss-reactive ketones (excluding diaryl/α,β-unsaturated/α-hetero) is 1. The average molecular weight is 304 g/mol. The van der Waals surface area contributed by atoms with Crippen molar-refractivity contribution in [3.05, 3.63) is 82.9 Å². The molecule has 1 aliphatic carbocycles. The van der Waals surface area contributed by atoms with Crippen molar-refractivity contribution in [2.75, 3.05) is 0 Å². The molecular weight excluding hydrogens is 288 g/mol. The molecule has 2 aromatic rings. The summed E-state index contributed by atoms with van der Waals surface area (Å²) in [5.41, 5.74) is 3.71. The molecule has 0 aliphatic heterocycles. The van der Waals surface area contributed by atoms with Crippen LogP contribution < -0.4 is 0 Å². The molecule has 1 N–H and O–H groups in total. The number of ketones is 1. The molecule has 23 heavy (non-hydrogen) atoms. The second-order valence-electron chi connectivity index (χ2n) is 5.48. The van der Waals surface area contributed by atoms with Gasteiger partial charge in [-0.15, -0.1) is 0 Å². The van der Waals surface area contributed by atoms with Gasteiger partial charge in [0.1, 0.15) is 0 Å². The zero-order valence-corrected chi connectivity index (χ0v) is 12.5. The Kier molecular flexibility index (Phi) is 4.20. The van der Waals surface area contributed by atoms with E-state index in [4.69, 9.17) is 5.11 Å². The highest BCUT2D eigenvalue weighted by molar-refractivity contribution is 6.21. The number of hydrogen-bond acceptors (Lipinski definition) is 2. The third-order valence-electron chi connectivity index (χ3n) is 3.89. The van der Waals surface area contributed by atoms with E-state index in [1.807, 2.05) is 66.7 Å². The minimum atomic E-state index is -0.984. The first kappa shape index (κ1) is 15.0. The summed E-state index contributed by atoms with van der Waals surface area (Å²) in [6.07, 6.45) is 2.08. The van der Waals surface area contributed by atoms with E-state index in [1.54, 1.807) is 0 Å². The Balaban J connectivity index is 2.01. The Morgan fingerprint density at radius 3 is 2.22 bits per heavy atom. The van der Waals surface area contributed by atoms with Gasteiger partial charge in [0.25, 0.3) is 0 Å². The van der Waals surface area contributed by atoms with Gasteiger partial charge in [-0.3, -0.25) is 9.59 Å². The molecule has 0 unspecified atom stereocenters. The van der Waals surface area contributed by atoms with Crippen molar-refractivity contribution in [1.82, 2.24) is 0 Å². The van der Waals surface area contributed by atoms with E-state index in [2.05, 4.69) is 0 Å². The number of benzene rings is 2. The third kappa shape index (κ3) is 3.29. The van der Waals surface area contributed by atoms with Crippen LogP contribution in [0.25, 0.3) is 11.6 Å². The Morgan fingerprint density at radius 2 is 1.61 bits per heavy atom. The lowest BCUT2D eigenvalue weighted by molar-refractivity contribution is -0.136. The quantitative estimate of drug-likeness (QED) is 0.870. The second kappa shape index (κ2) is 6.44. The van der Waals surface area contributed by atoms with Gasteiger partial charge in [-0.25, -0.2) is 0 Å². The van der Waals surface area contributed by atoms with Gasteiger partial charge in [-0.05, 0) is 22.8 Å². The van der Waals surface area contributed by atoms with Gasteiger partial charge in [-0.2, -0.15) is 0 Å². The molecule has 3 rings (SSSR count). The van der Waals surface area contributed by atoms with E-state index in [0.717, 1.165) is 16.7 Å². The molecule has 0 saturated carbocycles. The van der Waals surface area contributed by atoms with Crippen LogP contribution in [0.5, 0.6) is 0 Å². The number of carboxylic acids is 1. The van der Waals surface area contributed by atoms with Crippen LogP contribution in [-0.2, 0) is 9.59 Å². The molecule has 0 amide bonds. The van der Waals surface area contributed by atoms with Crippen molar-refractivity contribution in [3.8, 4) is 0 Å². The highest BCUT2D eigenvalue weighted by Crippen LogP contribution is 2.37. The Hall–Kier alpha value is -2.94. The first-order chi connectivity index (χ1) is 11.1. The summed E-state index contributed by atoms with van der Waals surface area (Å²) in [5, 5.41) is 9.13. The molecule has 0 aromatic heterocycles. The van der Waals surface area contributed by atoms with Gasteiger partial charge in [0.2, 0.25) is 0 Å². The molecule has 3 heteroatoms. The standard InChI is InChI=1S/C20H16O3/c21-19(22)13-18-17(15-9-5-2-6-10-15)12-16(20(18)23)11-14-7-3-1-4-8-14/h1-11H,12-13H2,(H,21,22). The first-order valence-corrected chi connectivity index (χ1v) is 7.44. The predicted molar refractivity (Wildman–Crippen MR) is 89.7 cm³/mol. The molecule has 0 spiro atoms. The van der Waals surface area contributed by atoms with Crippen molar-refractivity contribution < 1.29 is 14.7 Å². The van der Waals surface area contributed by atoms with E-state index in [-0.39, 0.29) is 12.2 Å². The van der Waals surface area contributed by atoms with Crippen molar-refractivity contribution in [1.29, 1.82) is 0 Å². The summed E-state index contributed by atoms with van der Waals surface area (Å²) < 4.78 is 0. The van der Waals surface area contributed by atoms with Crippen LogP contribution in [-0.4, -0.2) is 16.9 Å². The maximum atomic E-state index is 12.6. The second-order valence-corrected chi connectivity index (χ2v) is 5.48. The van der Waals surface area contributed by atoms with E-state index in [0.29, 0.717) is 17.6 Å². The molecular formula is C20H16O3. The number of aliphatic carboxylic acids is 1. The van der Waals surface area contributed by atoms with Gasteiger partial charge >= 0.3 is 5.97 Å². The number of rotatable bonds is 4. The van der Waals surface area contributed by atoms with E-state index < -0.39 is 5.97 Å². The molecule has 114 valence electrons. The van der Waals surface area contributed by atoms with E-state index >= 15 is 0 Å². The van der Waals surface area contributed by atoms with Gasteiger partial charge < -0.3 is 5.11 Å². The van der Waals surface area contributed by atoms with Crippen LogP contribution >= 0.6 is 0 Å². The average Bonchev–Trinajstić information content (AvgIpc) is 2.86. The van der Waals surface area contributed by atoms with Crippen LogP contribution in [0, 0.1) is 0 Å². The zero-order chi connectivity index (χ0) is 16.2. The Morgan fingerprint density at radius 1 is 1.00 bits per heavy atom. The minimum absolute atomic E-state index is 0.157. The lowest BCUT2D eigenvalue weighted by Crippen LogP contribution is -2.05. The van der Waals surface area contributed by atoms with E-state index in [9.17, 15) is 9.59 Å². The smallest absolute Gasteiger partial charge is 0.307 e. The predicted octanol–water partition coefficient (Wildman–Crippen LogP) is 3.97. The molecule has 2 aromatic carbocycles.